The summed E-state index contributed by atoms with van der Waals surface area (Å²) < 4.78 is 9.64. The van der Waals surface area contributed by atoms with Gasteiger partial charge in [-0.2, -0.15) is 15.5 Å². The van der Waals surface area contributed by atoms with Crippen LogP contribution in [0.2, 0.25) is 0 Å². The van der Waals surface area contributed by atoms with Gasteiger partial charge in [0.15, 0.2) is 5.82 Å². The molecule has 1 unspecified atom stereocenters. The summed E-state index contributed by atoms with van der Waals surface area (Å²) in [5.41, 5.74) is 6.79. The highest BCUT2D eigenvalue weighted by Gasteiger charge is 2.38. The summed E-state index contributed by atoms with van der Waals surface area (Å²) in [6.07, 6.45) is 6.79. The van der Waals surface area contributed by atoms with Crippen molar-refractivity contribution in [3.63, 3.8) is 0 Å². The van der Waals surface area contributed by atoms with E-state index in [-0.39, 0.29) is 18.0 Å². The van der Waals surface area contributed by atoms with Crippen LogP contribution in [0.3, 0.4) is 0 Å². The van der Waals surface area contributed by atoms with Crippen molar-refractivity contribution in [3.05, 3.63) is 47.4 Å². The summed E-state index contributed by atoms with van der Waals surface area (Å²) >= 11 is 0. The topological polar surface area (TPSA) is 92.2 Å². The van der Waals surface area contributed by atoms with Crippen LogP contribution in [0.15, 0.2) is 30.6 Å². The summed E-state index contributed by atoms with van der Waals surface area (Å²) in [6, 6.07) is 9.08. The van der Waals surface area contributed by atoms with E-state index in [4.69, 9.17) is 9.84 Å². The van der Waals surface area contributed by atoms with Gasteiger partial charge >= 0.3 is 0 Å². The number of anilines is 2. The minimum atomic E-state index is -0.000805. The van der Waals surface area contributed by atoms with Crippen molar-refractivity contribution in [2.24, 2.45) is 7.05 Å². The number of carbonyl (C=O) groups excluding carboxylic acids is 1. The molecule has 0 aliphatic carbocycles. The van der Waals surface area contributed by atoms with Gasteiger partial charge in [0.2, 0.25) is 5.91 Å². The number of aromatic nitrogens is 4. The second kappa shape index (κ2) is 8.54. The molecule has 0 bridgehead atoms. The Kier molecular flexibility index (Phi) is 5.33. The molecule has 0 radical (unpaired) electrons. The van der Waals surface area contributed by atoms with Gasteiger partial charge in [-0.1, -0.05) is 6.07 Å². The molecule has 5 heterocycles. The van der Waals surface area contributed by atoms with E-state index in [9.17, 15) is 10.1 Å². The third-order valence-corrected chi connectivity index (χ3v) is 7.51. The van der Waals surface area contributed by atoms with Crippen molar-refractivity contribution in [1.82, 2.24) is 24.5 Å². The van der Waals surface area contributed by atoms with Crippen LogP contribution in [0.25, 0.3) is 11.1 Å². The summed E-state index contributed by atoms with van der Waals surface area (Å²) in [5, 5.41) is 19.1. The first-order valence-corrected chi connectivity index (χ1v) is 12.2. The Balaban J connectivity index is 1.46. The molecule has 0 spiro atoms. The van der Waals surface area contributed by atoms with E-state index in [1.165, 1.54) is 11.3 Å². The molecule has 35 heavy (non-hydrogen) atoms. The zero-order valence-electron chi connectivity index (χ0n) is 20.1. The highest BCUT2D eigenvalue weighted by Crippen LogP contribution is 2.44. The number of benzene rings is 1. The van der Waals surface area contributed by atoms with Crippen molar-refractivity contribution in [2.75, 3.05) is 24.7 Å². The highest BCUT2D eigenvalue weighted by atomic mass is 16.5. The normalized spacial score (nSPS) is 21.2. The first-order valence-electron chi connectivity index (χ1n) is 12.2. The maximum absolute atomic E-state index is 12.3. The van der Waals surface area contributed by atoms with E-state index in [2.05, 4.69) is 38.9 Å². The van der Waals surface area contributed by atoms with Crippen LogP contribution in [-0.4, -0.2) is 56.2 Å². The van der Waals surface area contributed by atoms with Crippen LogP contribution in [0.1, 0.15) is 42.6 Å². The fourth-order valence-electron chi connectivity index (χ4n) is 5.74. The summed E-state index contributed by atoms with van der Waals surface area (Å²) in [5.74, 6) is 0.959. The van der Waals surface area contributed by atoms with Crippen LogP contribution in [-0.2, 0) is 36.0 Å². The molecule has 2 atom stereocenters. The fourth-order valence-corrected chi connectivity index (χ4v) is 5.74. The lowest BCUT2D eigenvalue weighted by atomic mass is 10.0. The number of amides is 1. The smallest absolute Gasteiger partial charge is 0.219 e. The van der Waals surface area contributed by atoms with Crippen LogP contribution in [0, 0.1) is 11.3 Å². The summed E-state index contributed by atoms with van der Waals surface area (Å²) in [7, 11) is 1.92. The van der Waals surface area contributed by atoms with E-state index >= 15 is 0 Å². The van der Waals surface area contributed by atoms with Crippen molar-refractivity contribution < 1.29 is 9.53 Å². The Morgan fingerprint density at radius 1 is 1.31 bits per heavy atom. The molecule has 0 saturated carbocycles. The molecule has 3 aromatic rings. The lowest BCUT2D eigenvalue weighted by molar-refractivity contribution is -0.129. The standard InChI is InChI=1S/C26H29N7O2/c1-17(34)31-9-6-25-23(15-31)26(29-33(25)22-7-10-35-16-22)32-21(5-8-27)12-19-11-18(3-4-24(19)32)20-13-28-30(2)14-20/h3-4,11,13-14,21-22H,5-7,9-10,12,15-16H2,1-2H3/t21-,22?/m1/s1. The predicted octanol–water partition coefficient (Wildman–Crippen LogP) is 3.13. The SMILES string of the molecule is CC(=O)N1CCc2c(c(N3c4ccc(-c5cnn(C)c5)cc4C[C@H]3CC#N)nn2C2CCOC2)C1. The van der Waals surface area contributed by atoms with Crippen LogP contribution in [0.5, 0.6) is 0 Å². The van der Waals surface area contributed by atoms with Crippen molar-refractivity contribution in [3.8, 4) is 17.2 Å². The molecule has 1 saturated heterocycles. The average Bonchev–Trinajstić information content (AvgIpc) is 3.63. The predicted molar refractivity (Wildman–Crippen MR) is 130 cm³/mol. The van der Waals surface area contributed by atoms with Gasteiger partial charge in [-0.3, -0.25) is 14.2 Å². The molecule has 0 N–H and O–H groups in total. The molecule has 9 heteroatoms. The molecule has 1 amide bonds. The number of hydrogen-bond acceptors (Lipinski definition) is 6. The van der Waals surface area contributed by atoms with Gasteiger partial charge in [0.25, 0.3) is 0 Å². The number of nitrogens with zero attached hydrogens (tertiary/aromatic N) is 7. The number of ether oxygens (including phenoxy) is 1. The van der Waals surface area contributed by atoms with E-state index in [1.807, 2.05) is 24.3 Å². The number of fused-ring (bicyclic) bond motifs is 2. The van der Waals surface area contributed by atoms with Crippen LogP contribution < -0.4 is 4.90 Å². The number of rotatable bonds is 4. The van der Waals surface area contributed by atoms with Crippen LogP contribution in [0.4, 0.5) is 11.5 Å². The summed E-state index contributed by atoms with van der Waals surface area (Å²) in [4.78, 5) is 16.4. The minimum absolute atomic E-state index is 0.000805. The molecule has 1 aromatic carbocycles. The zero-order valence-corrected chi connectivity index (χ0v) is 20.1. The van der Waals surface area contributed by atoms with E-state index in [0.29, 0.717) is 26.1 Å². The lowest BCUT2D eigenvalue weighted by Crippen LogP contribution is -2.36. The molecule has 2 aromatic heterocycles. The number of nitriles is 1. The molecule has 3 aliphatic heterocycles. The summed E-state index contributed by atoms with van der Waals surface area (Å²) in [6.45, 7) is 4.29. The largest absolute Gasteiger partial charge is 0.379 e. The zero-order chi connectivity index (χ0) is 24.1. The second-order valence-corrected chi connectivity index (χ2v) is 9.74. The molecule has 180 valence electrons. The molecular weight excluding hydrogens is 442 g/mol. The van der Waals surface area contributed by atoms with Crippen LogP contribution >= 0.6 is 0 Å². The van der Waals surface area contributed by atoms with Gasteiger partial charge in [0.05, 0.1) is 43.9 Å². The molecule has 9 nitrogen and oxygen atoms in total. The lowest BCUT2D eigenvalue weighted by Gasteiger charge is -2.30. The first kappa shape index (κ1) is 21.9. The Labute approximate surface area is 204 Å². The Morgan fingerprint density at radius 3 is 2.91 bits per heavy atom. The van der Waals surface area contributed by atoms with E-state index in [0.717, 1.165) is 54.1 Å². The van der Waals surface area contributed by atoms with Gasteiger partial charge in [-0.05, 0) is 36.1 Å². The van der Waals surface area contributed by atoms with Gasteiger partial charge < -0.3 is 14.5 Å². The fraction of sp³-hybridized carbons (Fsp3) is 0.462. The van der Waals surface area contributed by atoms with Gasteiger partial charge in [0.1, 0.15) is 0 Å². The Morgan fingerprint density at radius 2 is 2.20 bits per heavy atom. The van der Waals surface area contributed by atoms with E-state index < -0.39 is 0 Å². The maximum atomic E-state index is 12.3. The number of carbonyl (C=O) groups is 1. The monoisotopic (exact) mass is 471 g/mol. The molecule has 6 rings (SSSR count). The average molecular weight is 472 g/mol. The second-order valence-electron chi connectivity index (χ2n) is 9.74. The van der Waals surface area contributed by atoms with Gasteiger partial charge in [-0.25, -0.2) is 0 Å². The van der Waals surface area contributed by atoms with E-state index in [1.54, 1.807) is 11.6 Å². The molecule has 3 aliphatic rings. The third-order valence-electron chi connectivity index (χ3n) is 7.51. The van der Waals surface area contributed by atoms with Crippen molar-refractivity contribution >= 4 is 17.4 Å². The highest BCUT2D eigenvalue weighted by molar-refractivity contribution is 5.77. The Bertz CT molecular complexity index is 1330. The van der Waals surface area contributed by atoms with Gasteiger partial charge in [-0.15, -0.1) is 0 Å². The molecule has 1 fully saturated rings. The minimum Gasteiger partial charge on any atom is -0.379 e. The number of hydrogen-bond donors (Lipinski definition) is 0. The Hall–Kier alpha value is -3.64. The van der Waals surface area contributed by atoms with Crippen molar-refractivity contribution in [2.45, 2.75) is 51.2 Å². The van der Waals surface area contributed by atoms with Crippen molar-refractivity contribution in [1.29, 1.82) is 5.26 Å². The maximum Gasteiger partial charge on any atom is 0.219 e. The first-order chi connectivity index (χ1) is 17.0. The third kappa shape index (κ3) is 3.69. The van der Waals surface area contributed by atoms with Gasteiger partial charge in [0, 0.05) is 62.2 Å². The molecular formula is C26H29N7O2. The number of aryl methyl sites for hydroxylation is 1. The quantitative estimate of drug-likeness (QED) is 0.581.